The van der Waals surface area contributed by atoms with Gasteiger partial charge in [-0.05, 0) is 55.0 Å². The molecule has 0 radical (unpaired) electrons. The lowest BCUT2D eigenvalue weighted by molar-refractivity contribution is 0.0729. The van der Waals surface area contributed by atoms with Crippen LogP contribution in [0.15, 0.2) is 71.8 Å². The zero-order chi connectivity index (χ0) is 21.5. The first-order valence-corrected chi connectivity index (χ1v) is 9.40. The van der Waals surface area contributed by atoms with Crippen molar-refractivity contribution in [1.29, 1.82) is 0 Å². The van der Waals surface area contributed by atoms with Gasteiger partial charge in [0.2, 0.25) is 0 Å². The first-order chi connectivity index (χ1) is 14.5. The molecule has 0 spiro atoms. The summed E-state index contributed by atoms with van der Waals surface area (Å²) < 4.78 is 10.7. The van der Waals surface area contributed by atoms with Crippen LogP contribution >= 0.6 is 11.6 Å². The molecule has 1 N–H and O–H groups in total. The molecule has 3 rings (SSSR count). The smallest absolute Gasteiger partial charge is 0.345 e. The topological polar surface area (TPSA) is 77.0 Å². The van der Waals surface area contributed by atoms with Gasteiger partial charge in [-0.1, -0.05) is 41.4 Å². The molecule has 0 atom stereocenters. The predicted octanol–water partition coefficient (Wildman–Crippen LogP) is 4.64. The minimum Gasteiger partial charge on any atom is -0.493 e. The number of benzene rings is 3. The van der Waals surface area contributed by atoms with E-state index in [0.717, 1.165) is 5.56 Å². The molecule has 0 aliphatic carbocycles. The second kappa shape index (κ2) is 9.71. The van der Waals surface area contributed by atoms with E-state index in [1.807, 2.05) is 19.1 Å². The Bertz CT molecular complexity index is 1110. The van der Waals surface area contributed by atoms with Crippen molar-refractivity contribution in [3.63, 3.8) is 0 Å². The normalized spacial score (nSPS) is 10.6. The van der Waals surface area contributed by atoms with E-state index in [-0.39, 0.29) is 17.2 Å². The maximum absolute atomic E-state index is 12.4. The minimum atomic E-state index is -0.592. The molecule has 0 aliphatic heterocycles. The highest BCUT2D eigenvalue weighted by molar-refractivity contribution is 6.33. The van der Waals surface area contributed by atoms with E-state index in [1.54, 1.807) is 54.6 Å². The van der Waals surface area contributed by atoms with E-state index < -0.39 is 5.97 Å². The molecule has 0 saturated carbocycles. The highest BCUT2D eigenvalue weighted by Gasteiger charge is 2.15. The average molecular weight is 423 g/mol. The molecule has 0 aliphatic rings. The van der Waals surface area contributed by atoms with Crippen molar-refractivity contribution in [3.05, 3.63) is 94.0 Å². The molecular weight excluding hydrogens is 404 g/mol. The summed E-state index contributed by atoms with van der Waals surface area (Å²) >= 11 is 6.04. The Morgan fingerprint density at radius 1 is 1.00 bits per heavy atom. The van der Waals surface area contributed by atoms with Crippen molar-refractivity contribution < 1.29 is 19.1 Å². The molecule has 0 unspecified atom stereocenters. The monoisotopic (exact) mass is 422 g/mol. The van der Waals surface area contributed by atoms with Crippen LogP contribution in [0, 0.1) is 6.92 Å². The number of hydrazone groups is 1. The number of nitrogens with one attached hydrogen (secondary N) is 1. The zero-order valence-corrected chi connectivity index (χ0v) is 17.1. The number of hydrogen-bond acceptors (Lipinski definition) is 5. The largest absolute Gasteiger partial charge is 0.493 e. The van der Waals surface area contributed by atoms with Crippen LogP contribution in [-0.2, 0) is 0 Å². The van der Waals surface area contributed by atoms with E-state index in [0.29, 0.717) is 21.9 Å². The number of ether oxygens (including phenoxy) is 2. The molecular formula is C23H19ClN2O4. The molecule has 0 saturated heterocycles. The summed E-state index contributed by atoms with van der Waals surface area (Å²) in [4.78, 5) is 24.5. The SMILES string of the molecule is COc1cc(/C=N\NC(=O)c2cccc(C)c2)ccc1OC(=O)c1ccccc1Cl. The molecule has 7 heteroatoms. The Kier molecular flexibility index (Phi) is 6.83. The Morgan fingerprint density at radius 2 is 1.80 bits per heavy atom. The molecule has 0 bridgehead atoms. The number of carbonyl (C=O) groups is 2. The lowest BCUT2D eigenvalue weighted by Gasteiger charge is -2.10. The number of rotatable bonds is 6. The molecule has 3 aromatic rings. The number of amides is 1. The van der Waals surface area contributed by atoms with E-state index in [4.69, 9.17) is 21.1 Å². The third kappa shape index (κ3) is 5.24. The van der Waals surface area contributed by atoms with Crippen LogP contribution in [-0.4, -0.2) is 25.2 Å². The minimum absolute atomic E-state index is 0.239. The lowest BCUT2D eigenvalue weighted by atomic mass is 10.1. The summed E-state index contributed by atoms with van der Waals surface area (Å²) in [7, 11) is 1.46. The molecule has 0 heterocycles. The van der Waals surface area contributed by atoms with Crippen LogP contribution in [0.5, 0.6) is 11.5 Å². The van der Waals surface area contributed by atoms with E-state index in [1.165, 1.54) is 13.3 Å². The Balaban J connectivity index is 1.69. The van der Waals surface area contributed by atoms with Crippen molar-refractivity contribution in [1.82, 2.24) is 5.43 Å². The van der Waals surface area contributed by atoms with Crippen LogP contribution < -0.4 is 14.9 Å². The fraction of sp³-hybridized carbons (Fsp3) is 0.0870. The molecule has 0 aromatic heterocycles. The number of hydrogen-bond donors (Lipinski definition) is 1. The van der Waals surface area contributed by atoms with Gasteiger partial charge < -0.3 is 9.47 Å². The van der Waals surface area contributed by atoms with Crippen molar-refractivity contribution in [2.45, 2.75) is 6.92 Å². The van der Waals surface area contributed by atoms with Gasteiger partial charge in [0.05, 0.1) is 23.9 Å². The van der Waals surface area contributed by atoms with Gasteiger partial charge in [0.1, 0.15) is 0 Å². The second-order valence-corrected chi connectivity index (χ2v) is 6.76. The summed E-state index contributed by atoms with van der Waals surface area (Å²) in [5, 5.41) is 4.27. The molecule has 1 amide bonds. The van der Waals surface area contributed by atoms with Crippen molar-refractivity contribution >= 4 is 29.7 Å². The van der Waals surface area contributed by atoms with Gasteiger partial charge in [-0.2, -0.15) is 5.10 Å². The first-order valence-electron chi connectivity index (χ1n) is 9.03. The molecule has 3 aromatic carbocycles. The average Bonchev–Trinajstić information content (AvgIpc) is 2.74. The lowest BCUT2D eigenvalue weighted by Crippen LogP contribution is -2.17. The van der Waals surface area contributed by atoms with Gasteiger partial charge in [0, 0.05) is 5.56 Å². The third-order valence-electron chi connectivity index (χ3n) is 4.14. The molecule has 30 heavy (non-hydrogen) atoms. The Labute approximate surface area is 179 Å². The maximum atomic E-state index is 12.4. The molecule has 0 fully saturated rings. The quantitative estimate of drug-likeness (QED) is 0.272. The summed E-state index contributed by atoms with van der Waals surface area (Å²) in [6.45, 7) is 1.91. The maximum Gasteiger partial charge on any atom is 0.345 e. The molecule has 6 nitrogen and oxygen atoms in total. The Morgan fingerprint density at radius 3 is 2.53 bits per heavy atom. The summed E-state index contributed by atoms with van der Waals surface area (Å²) in [6.07, 6.45) is 1.47. The van der Waals surface area contributed by atoms with E-state index in [9.17, 15) is 9.59 Å². The van der Waals surface area contributed by atoms with Crippen LogP contribution in [0.1, 0.15) is 31.8 Å². The van der Waals surface area contributed by atoms with Gasteiger partial charge in [-0.25, -0.2) is 10.2 Å². The predicted molar refractivity (Wildman–Crippen MR) is 116 cm³/mol. The van der Waals surface area contributed by atoms with Gasteiger partial charge in [-0.15, -0.1) is 0 Å². The van der Waals surface area contributed by atoms with Crippen LogP contribution in [0.4, 0.5) is 0 Å². The number of carbonyl (C=O) groups excluding carboxylic acids is 2. The van der Waals surface area contributed by atoms with Crippen molar-refractivity contribution in [2.75, 3.05) is 7.11 Å². The highest BCUT2D eigenvalue weighted by Crippen LogP contribution is 2.29. The zero-order valence-electron chi connectivity index (χ0n) is 16.4. The third-order valence-corrected chi connectivity index (χ3v) is 4.47. The first kappa shape index (κ1) is 21.1. The Hall–Kier alpha value is -3.64. The van der Waals surface area contributed by atoms with Gasteiger partial charge in [0.15, 0.2) is 11.5 Å². The number of methoxy groups -OCH3 is 1. The summed E-state index contributed by atoms with van der Waals surface area (Å²) in [5.41, 5.74) is 4.88. The highest BCUT2D eigenvalue weighted by atomic mass is 35.5. The van der Waals surface area contributed by atoms with E-state index >= 15 is 0 Å². The number of aryl methyl sites for hydroxylation is 1. The van der Waals surface area contributed by atoms with Crippen molar-refractivity contribution in [3.8, 4) is 11.5 Å². The second-order valence-electron chi connectivity index (χ2n) is 6.35. The van der Waals surface area contributed by atoms with Gasteiger partial charge >= 0.3 is 5.97 Å². The number of halogens is 1. The van der Waals surface area contributed by atoms with Crippen LogP contribution in [0.25, 0.3) is 0 Å². The van der Waals surface area contributed by atoms with Crippen LogP contribution in [0.3, 0.4) is 0 Å². The summed E-state index contributed by atoms with van der Waals surface area (Å²) in [5.74, 6) is -0.328. The number of esters is 1. The summed E-state index contributed by atoms with van der Waals surface area (Å²) in [6, 6.07) is 18.7. The van der Waals surface area contributed by atoms with Gasteiger partial charge in [0.25, 0.3) is 5.91 Å². The fourth-order valence-corrected chi connectivity index (χ4v) is 2.86. The molecule has 152 valence electrons. The van der Waals surface area contributed by atoms with Crippen LogP contribution in [0.2, 0.25) is 5.02 Å². The fourth-order valence-electron chi connectivity index (χ4n) is 2.65. The standard InChI is InChI=1S/C23H19ClN2O4/c1-15-6-5-7-17(12-15)22(27)26-25-14-16-10-11-20(21(13-16)29-2)30-23(28)18-8-3-4-9-19(18)24/h3-14H,1-2H3,(H,26,27)/b25-14-. The number of nitrogens with zero attached hydrogens (tertiary/aromatic N) is 1. The van der Waals surface area contributed by atoms with E-state index in [2.05, 4.69) is 10.5 Å². The van der Waals surface area contributed by atoms with Gasteiger partial charge in [-0.3, -0.25) is 4.79 Å². The van der Waals surface area contributed by atoms with Crippen molar-refractivity contribution in [2.24, 2.45) is 5.10 Å².